The first-order valence-corrected chi connectivity index (χ1v) is 6.05. The van der Waals surface area contributed by atoms with Crippen molar-refractivity contribution < 1.29 is 29.3 Å². The van der Waals surface area contributed by atoms with Crippen LogP contribution in [0.2, 0.25) is 0 Å². The van der Waals surface area contributed by atoms with Crippen LogP contribution in [-0.2, 0) is 14.3 Å². The van der Waals surface area contributed by atoms with Crippen LogP contribution in [0.5, 0.6) is 0 Å². The number of carbonyl (C=O) groups excluding carboxylic acids is 1. The van der Waals surface area contributed by atoms with Crippen LogP contribution in [-0.4, -0.2) is 52.3 Å². The Morgan fingerprint density at radius 1 is 1.42 bits per heavy atom. The molecule has 0 aromatic rings. The Kier molecular flexibility index (Phi) is 3.84. The molecule has 0 saturated carbocycles. The van der Waals surface area contributed by atoms with Gasteiger partial charge in [0.25, 0.3) is 0 Å². The van der Waals surface area contributed by atoms with Gasteiger partial charge in [0.1, 0.15) is 6.04 Å². The first-order valence-electron chi connectivity index (χ1n) is 6.05. The summed E-state index contributed by atoms with van der Waals surface area (Å²) in [5, 5.41) is 17.9. The van der Waals surface area contributed by atoms with Gasteiger partial charge < -0.3 is 14.9 Å². The standard InChI is InChI=1S/C12H15NO6/c14-10-8(5-7-1-3-19-4-2-7)6-9(11(15)16)13(10)12(17)18/h1,8-9H,2-6H2,(H,15,16)(H,17,18)/t8?,9-/m0/s1. The van der Waals surface area contributed by atoms with Crippen molar-refractivity contribution in [1.82, 2.24) is 4.90 Å². The molecule has 2 amide bonds. The van der Waals surface area contributed by atoms with Crippen LogP contribution in [0.15, 0.2) is 11.6 Å². The molecule has 1 unspecified atom stereocenters. The number of carboxylic acid groups (broad SMARTS) is 2. The minimum absolute atomic E-state index is 0.0403. The third-order valence-electron chi connectivity index (χ3n) is 3.46. The van der Waals surface area contributed by atoms with Gasteiger partial charge in [-0.15, -0.1) is 0 Å². The molecule has 2 heterocycles. The molecule has 2 aliphatic heterocycles. The number of amides is 2. The molecule has 0 spiro atoms. The molecule has 19 heavy (non-hydrogen) atoms. The van der Waals surface area contributed by atoms with Crippen LogP contribution in [0, 0.1) is 5.92 Å². The van der Waals surface area contributed by atoms with Gasteiger partial charge in [-0.3, -0.25) is 4.79 Å². The summed E-state index contributed by atoms with van der Waals surface area (Å²) < 4.78 is 5.15. The molecule has 7 nitrogen and oxygen atoms in total. The van der Waals surface area contributed by atoms with E-state index in [1.165, 1.54) is 0 Å². The lowest BCUT2D eigenvalue weighted by atomic mass is 9.94. The maximum absolute atomic E-state index is 12.0. The first-order chi connectivity index (χ1) is 9.00. The van der Waals surface area contributed by atoms with E-state index in [0.717, 1.165) is 5.57 Å². The molecule has 104 valence electrons. The van der Waals surface area contributed by atoms with E-state index in [2.05, 4.69) is 0 Å². The highest BCUT2D eigenvalue weighted by molar-refractivity contribution is 5.99. The fourth-order valence-electron chi connectivity index (χ4n) is 2.50. The molecule has 0 bridgehead atoms. The summed E-state index contributed by atoms with van der Waals surface area (Å²) in [6, 6.07) is -1.27. The van der Waals surface area contributed by atoms with E-state index in [0.29, 0.717) is 31.0 Å². The Morgan fingerprint density at radius 3 is 2.63 bits per heavy atom. The van der Waals surface area contributed by atoms with Gasteiger partial charge in [-0.25, -0.2) is 14.5 Å². The lowest BCUT2D eigenvalue weighted by molar-refractivity contribution is -0.145. The van der Waals surface area contributed by atoms with Crippen LogP contribution in [0.4, 0.5) is 4.79 Å². The van der Waals surface area contributed by atoms with Crippen molar-refractivity contribution in [2.24, 2.45) is 5.92 Å². The van der Waals surface area contributed by atoms with Gasteiger partial charge in [0.15, 0.2) is 0 Å². The Morgan fingerprint density at radius 2 is 2.16 bits per heavy atom. The molecule has 7 heteroatoms. The molecule has 1 saturated heterocycles. The van der Waals surface area contributed by atoms with Crippen LogP contribution in [0.1, 0.15) is 19.3 Å². The van der Waals surface area contributed by atoms with Gasteiger partial charge in [-0.1, -0.05) is 11.6 Å². The van der Waals surface area contributed by atoms with E-state index >= 15 is 0 Å². The number of ether oxygens (including phenoxy) is 1. The van der Waals surface area contributed by atoms with Crippen molar-refractivity contribution in [3.63, 3.8) is 0 Å². The van der Waals surface area contributed by atoms with Crippen molar-refractivity contribution >= 4 is 18.0 Å². The zero-order valence-electron chi connectivity index (χ0n) is 10.2. The Bertz CT molecular complexity index is 444. The molecule has 0 aromatic heterocycles. The fraction of sp³-hybridized carbons (Fsp3) is 0.583. The Balaban J connectivity index is 2.10. The topological polar surface area (TPSA) is 104 Å². The lowest BCUT2D eigenvalue weighted by Gasteiger charge is -2.16. The third-order valence-corrected chi connectivity index (χ3v) is 3.46. The Labute approximate surface area is 109 Å². The highest BCUT2D eigenvalue weighted by atomic mass is 16.5. The number of aliphatic carboxylic acids is 1. The van der Waals surface area contributed by atoms with Gasteiger partial charge in [-0.05, 0) is 19.3 Å². The summed E-state index contributed by atoms with van der Waals surface area (Å²) in [6.07, 6.45) is 1.53. The number of rotatable bonds is 3. The molecule has 2 rings (SSSR count). The average molecular weight is 269 g/mol. The maximum Gasteiger partial charge on any atom is 0.414 e. The molecule has 0 aromatic carbocycles. The monoisotopic (exact) mass is 269 g/mol. The summed E-state index contributed by atoms with van der Waals surface area (Å²) in [7, 11) is 0. The number of carbonyl (C=O) groups is 3. The molecular weight excluding hydrogens is 254 g/mol. The number of carboxylic acids is 1. The van der Waals surface area contributed by atoms with Crippen molar-refractivity contribution in [1.29, 1.82) is 0 Å². The molecule has 0 aliphatic carbocycles. The average Bonchev–Trinajstić information content (AvgIpc) is 2.68. The first kappa shape index (κ1) is 13.5. The van der Waals surface area contributed by atoms with Crippen molar-refractivity contribution in [3.8, 4) is 0 Å². The second-order valence-electron chi connectivity index (χ2n) is 4.67. The minimum Gasteiger partial charge on any atom is -0.480 e. The maximum atomic E-state index is 12.0. The molecule has 0 radical (unpaired) electrons. The minimum atomic E-state index is -1.50. The summed E-state index contributed by atoms with van der Waals surface area (Å²) >= 11 is 0. The third kappa shape index (κ3) is 2.76. The van der Waals surface area contributed by atoms with Gasteiger partial charge in [0.2, 0.25) is 5.91 Å². The SMILES string of the molecule is O=C(O)[C@@H]1CC(CC2=CCOCC2)C(=O)N1C(=O)O. The van der Waals surface area contributed by atoms with Crippen LogP contribution < -0.4 is 0 Å². The summed E-state index contributed by atoms with van der Waals surface area (Å²) in [6.45, 7) is 1.07. The second-order valence-corrected chi connectivity index (χ2v) is 4.67. The van der Waals surface area contributed by atoms with Crippen molar-refractivity contribution in [2.75, 3.05) is 13.2 Å². The fourth-order valence-corrected chi connectivity index (χ4v) is 2.50. The Hall–Kier alpha value is -1.89. The van der Waals surface area contributed by atoms with E-state index < -0.39 is 29.9 Å². The predicted octanol–water partition coefficient (Wildman–Crippen LogP) is 0.703. The zero-order chi connectivity index (χ0) is 14.0. The molecule has 2 N–H and O–H groups in total. The van der Waals surface area contributed by atoms with Gasteiger partial charge in [0, 0.05) is 5.92 Å². The zero-order valence-corrected chi connectivity index (χ0v) is 10.2. The number of hydrogen-bond donors (Lipinski definition) is 2. The van der Waals surface area contributed by atoms with Gasteiger partial charge in [0.05, 0.1) is 13.2 Å². The summed E-state index contributed by atoms with van der Waals surface area (Å²) in [5.41, 5.74) is 1.03. The highest BCUT2D eigenvalue weighted by Gasteiger charge is 2.46. The van der Waals surface area contributed by atoms with E-state index in [9.17, 15) is 14.4 Å². The largest absolute Gasteiger partial charge is 0.480 e. The van der Waals surface area contributed by atoms with E-state index in [4.69, 9.17) is 14.9 Å². The number of likely N-dealkylation sites (tertiary alicyclic amines) is 1. The summed E-state index contributed by atoms with van der Waals surface area (Å²) in [5.74, 6) is -2.46. The molecule has 2 atom stereocenters. The number of hydrogen-bond acceptors (Lipinski definition) is 4. The van der Waals surface area contributed by atoms with Gasteiger partial charge in [-0.2, -0.15) is 0 Å². The van der Waals surface area contributed by atoms with Crippen LogP contribution >= 0.6 is 0 Å². The van der Waals surface area contributed by atoms with E-state index in [1.807, 2.05) is 6.08 Å². The second kappa shape index (κ2) is 5.40. The van der Waals surface area contributed by atoms with Crippen LogP contribution in [0.25, 0.3) is 0 Å². The predicted molar refractivity (Wildman–Crippen MR) is 62.5 cm³/mol. The van der Waals surface area contributed by atoms with Crippen LogP contribution in [0.3, 0.4) is 0 Å². The van der Waals surface area contributed by atoms with Gasteiger partial charge >= 0.3 is 12.1 Å². The summed E-state index contributed by atoms with van der Waals surface area (Å²) in [4.78, 5) is 34.4. The molecular formula is C12H15NO6. The van der Waals surface area contributed by atoms with Crippen molar-refractivity contribution in [2.45, 2.75) is 25.3 Å². The molecule has 2 aliphatic rings. The number of imide groups is 1. The highest BCUT2D eigenvalue weighted by Crippen LogP contribution is 2.31. The van der Waals surface area contributed by atoms with Crippen molar-refractivity contribution in [3.05, 3.63) is 11.6 Å². The molecule has 1 fully saturated rings. The normalized spacial score (nSPS) is 27.3. The van der Waals surface area contributed by atoms with E-state index in [-0.39, 0.29) is 6.42 Å². The quantitative estimate of drug-likeness (QED) is 0.731. The number of nitrogens with zero attached hydrogens (tertiary/aromatic N) is 1. The lowest BCUT2D eigenvalue weighted by Crippen LogP contribution is -2.42. The smallest absolute Gasteiger partial charge is 0.414 e. The van der Waals surface area contributed by atoms with E-state index in [1.54, 1.807) is 0 Å².